The lowest BCUT2D eigenvalue weighted by molar-refractivity contribution is -0.120. The van der Waals surface area contributed by atoms with Crippen molar-refractivity contribution in [2.75, 3.05) is 25.5 Å². The molecule has 0 spiro atoms. The summed E-state index contributed by atoms with van der Waals surface area (Å²) in [4.78, 5) is 16.9. The van der Waals surface area contributed by atoms with E-state index in [1.165, 1.54) is 4.31 Å². The number of rotatable bonds is 7. The van der Waals surface area contributed by atoms with Gasteiger partial charge in [-0.15, -0.1) is 0 Å². The van der Waals surface area contributed by atoms with E-state index in [9.17, 15) is 13.2 Å². The molecule has 184 valence electrons. The first-order valence-electron chi connectivity index (χ1n) is 11.3. The van der Waals surface area contributed by atoms with Gasteiger partial charge in [0.1, 0.15) is 17.3 Å². The van der Waals surface area contributed by atoms with Crippen LogP contribution in [0.4, 0.5) is 5.82 Å². The van der Waals surface area contributed by atoms with Gasteiger partial charge in [0, 0.05) is 25.2 Å². The van der Waals surface area contributed by atoms with E-state index in [2.05, 4.69) is 15.5 Å². The van der Waals surface area contributed by atoms with E-state index in [-0.39, 0.29) is 35.6 Å². The predicted molar refractivity (Wildman–Crippen MR) is 132 cm³/mol. The van der Waals surface area contributed by atoms with Gasteiger partial charge in [0.15, 0.2) is 10.7 Å². The third-order valence-electron chi connectivity index (χ3n) is 5.96. The van der Waals surface area contributed by atoms with Crippen LogP contribution in [-0.4, -0.2) is 49.0 Å². The summed E-state index contributed by atoms with van der Waals surface area (Å²) >= 11 is 0. The number of methoxy groups -OCH3 is 1. The van der Waals surface area contributed by atoms with Crippen molar-refractivity contribution in [3.05, 3.63) is 65.2 Å². The van der Waals surface area contributed by atoms with Crippen LogP contribution in [0.3, 0.4) is 0 Å². The van der Waals surface area contributed by atoms with Crippen LogP contribution >= 0.6 is 0 Å². The number of amides is 1. The third kappa shape index (κ3) is 5.60. The summed E-state index contributed by atoms with van der Waals surface area (Å²) in [5, 5.41) is 6.71. The molecule has 1 saturated heterocycles. The topological polar surface area (TPSA) is 115 Å². The number of benzene rings is 1. The molecule has 0 radical (unpaired) electrons. The lowest BCUT2D eigenvalue weighted by atomic mass is 9.97. The summed E-state index contributed by atoms with van der Waals surface area (Å²) in [6.07, 6.45) is 5.88. The third-order valence-corrected chi connectivity index (χ3v) is 8.02. The Hall–Kier alpha value is -3.50. The van der Waals surface area contributed by atoms with E-state index in [0.29, 0.717) is 24.4 Å². The zero-order valence-electron chi connectivity index (χ0n) is 19.9. The van der Waals surface area contributed by atoms with Crippen LogP contribution in [0.15, 0.2) is 52.0 Å². The summed E-state index contributed by atoms with van der Waals surface area (Å²) in [7, 11) is -2.25. The maximum absolute atomic E-state index is 13.4. The van der Waals surface area contributed by atoms with Gasteiger partial charge in [0.25, 0.3) is 0 Å². The second-order valence-electron chi connectivity index (χ2n) is 8.46. The second kappa shape index (κ2) is 10.4. The number of hydrogen-bond donors (Lipinski definition) is 1. The number of nitrogens with one attached hydrogen (secondary N) is 1. The molecule has 0 atom stereocenters. The largest absolute Gasteiger partial charge is 0.497 e. The van der Waals surface area contributed by atoms with Gasteiger partial charge < -0.3 is 14.6 Å². The normalized spacial score (nSPS) is 15.4. The number of ether oxygens (including phenoxy) is 1. The quantitative estimate of drug-likeness (QED) is 0.527. The summed E-state index contributed by atoms with van der Waals surface area (Å²) in [6.45, 7) is 3.99. The molecule has 3 heterocycles. The average Bonchev–Trinajstić information content (AvgIpc) is 3.25. The second-order valence-corrected chi connectivity index (χ2v) is 10.3. The number of nitrogens with zero attached hydrogens (tertiary/aromatic N) is 3. The first-order valence-corrected chi connectivity index (χ1v) is 12.7. The standard InChI is InChI=1S/C25H28N4O5S/c1-17-4-11-23(26-16-17)27-25(30)20-12-14-29(15-13-20)35(31,32)24-18(2)28-34-22(24)10-7-19-5-8-21(33-3)9-6-19/h4-11,16,20H,12-15H2,1-3H3,(H,26,27,30)/b10-7-. The van der Waals surface area contributed by atoms with Crippen LogP contribution in [-0.2, 0) is 14.8 Å². The van der Waals surface area contributed by atoms with E-state index in [1.54, 1.807) is 38.4 Å². The van der Waals surface area contributed by atoms with Gasteiger partial charge in [-0.3, -0.25) is 4.79 Å². The first-order chi connectivity index (χ1) is 16.8. The zero-order chi connectivity index (χ0) is 25.0. The fraction of sp³-hybridized carbons (Fsp3) is 0.320. The van der Waals surface area contributed by atoms with Crippen molar-refractivity contribution in [3.8, 4) is 5.75 Å². The smallest absolute Gasteiger partial charge is 0.248 e. The van der Waals surface area contributed by atoms with Crippen molar-refractivity contribution >= 4 is 33.9 Å². The summed E-state index contributed by atoms with van der Waals surface area (Å²) < 4.78 is 38.8. The van der Waals surface area contributed by atoms with E-state index in [4.69, 9.17) is 9.26 Å². The Morgan fingerprint density at radius 2 is 1.83 bits per heavy atom. The van der Waals surface area contributed by atoms with Gasteiger partial charge in [-0.1, -0.05) is 29.4 Å². The van der Waals surface area contributed by atoms with Crippen LogP contribution in [0, 0.1) is 19.8 Å². The molecule has 0 aliphatic carbocycles. The number of sulfonamides is 1. The number of aryl methyl sites for hydroxylation is 2. The van der Waals surface area contributed by atoms with Gasteiger partial charge in [-0.05, 0) is 62.1 Å². The molecule has 0 saturated carbocycles. The van der Waals surface area contributed by atoms with Crippen LogP contribution in [0.25, 0.3) is 12.2 Å². The van der Waals surface area contributed by atoms with Crippen molar-refractivity contribution in [2.24, 2.45) is 5.92 Å². The number of hydrogen-bond acceptors (Lipinski definition) is 7. The highest BCUT2D eigenvalue weighted by Gasteiger charge is 2.36. The number of carbonyl (C=O) groups excluding carboxylic acids is 1. The number of anilines is 1. The number of carbonyl (C=O) groups is 1. The first kappa shape index (κ1) is 24.6. The molecule has 2 aromatic heterocycles. The van der Waals surface area contributed by atoms with Crippen LogP contribution in [0.2, 0.25) is 0 Å². The Balaban J connectivity index is 1.44. The van der Waals surface area contributed by atoms with Crippen molar-refractivity contribution in [3.63, 3.8) is 0 Å². The van der Waals surface area contributed by atoms with E-state index < -0.39 is 10.0 Å². The number of piperidine rings is 1. The Kier molecular flexibility index (Phi) is 7.32. The van der Waals surface area contributed by atoms with E-state index >= 15 is 0 Å². The molecule has 1 N–H and O–H groups in total. The Morgan fingerprint density at radius 3 is 2.46 bits per heavy atom. The molecule has 1 aliphatic heterocycles. The minimum absolute atomic E-state index is 0.0500. The maximum atomic E-state index is 13.4. The molecule has 35 heavy (non-hydrogen) atoms. The lowest BCUT2D eigenvalue weighted by Crippen LogP contribution is -2.41. The molecule has 3 aromatic rings. The fourth-order valence-corrected chi connectivity index (χ4v) is 5.66. The van der Waals surface area contributed by atoms with Crippen molar-refractivity contribution in [2.45, 2.75) is 31.6 Å². The highest BCUT2D eigenvalue weighted by Crippen LogP contribution is 2.29. The Morgan fingerprint density at radius 1 is 1.11 bits per heavy atom. The Bertz CT molecular complexity index is 1310. The maximum Gasteiger partial charge on any atom is 0.248 e. The van der Waals surface area contributed by atoms with Crippen LogP contribution in [0.1, 0.15) is 35.4 Å². The van der Waals surface area contributed by atoms with Gasteiger partial charge in [0.2, 0.25) is 15.9 Å². The molecular formula is C25H28N4O5S. The van der Waals surface area contributed by atoms with Crippen LogP contribution in [0.5, 0.6) is 5.75 Å². The van der Waals surface area contributed by atoms with E-state index in [1.807, 2.05) is 37.3 Å². The minimum Gasteiger partial charge on any atom is -0.497 e. The molecule has 4 rings (SSSR count). The lowest BCUT2D eigenvalue weighted by Gasteiger charge is -2.30. The predicted octanol–water partition coefficient (Wildman–Crippen LogP) is 3.90. The minimum atomic E-state index is -3.85. The van der Waals surface area contributed by atoms with Crippen molar-refractivity contribution in [1.29, 1.82) is 0 Å². The Labute approximate surface area is 204 Å². The number of pyridine rings is 1. The molecule has 1 fully saturated rings. The van der Waals surface area contributed by atoms with Gasteiger partial charge in [-0.2, -0.15) is 4.31 Å². The van der Waals surface area contributed by atoms with Crippen molar-refractivity contribution < 1.29 is 22.5 Å². The summed E-state index contributed by atoms with van der Waals surface area (Å²) in [5.74, 6) is 0.950. The highest BCUT2D eigenvalue weighted by molar-refractivity contribution is 7.89. The van der Waals surface area contributed by atoms with Gasteiger partial charge >= 0.3 is 0 Å². The average molecular weight is 497 g/mol. The molecule has 0 bridgehead atoms. The van der Waals surface area contributed by atoms with Gasteiger partial charge in [0.05, 0.1) is 7.11 Å². The van der Waals surface area contributed by atoms with Crippen LogP contribution < -0.4 is 10.1 Å². The number of aromatic nitrogens is 2. The SMILES string of the molecule is COc1ccc(/C=C\c2onc(C)c2S(=O)(=O)N2CCC(C(=O)Nc3ccc(C)cn3)CC2)cc1. The zero-order valence-corrected chi connectivity index (χ0v) is 20.7. The molecule has 0 unspecified atom stereocenters. The molecule has 1 aliphatic rings. The summed E-state index contributed by atoms with van der Waals surface area (Å²) in [6, 6.07) is 11.0. The van der Waals surface area contributed by atoms with Crippen molar-refractivity contribution in [1.82, 2.24) is 14.4 Å². The molecular weight excluding hydrogens is 468 g/mol. The molecule has 9 nitrogen and oxygen atoms in total. The van der Waals surface area contributed by atoms with E-state index in [0.717, 1.165) is 16.9 Å². The van der Waals surface area contributed by atoms with Gasteiger partial charge in [-0.25, -0.2) is 13.4 Å². The molecule has 1 aromatic carbocycles. The molecule has 10 heteroatoms. The molecule has 1 amide bonds. The summed E-state index contributed by atoms with van der Waals surface area (Å²) in [5.41, 5.74) is 2.16. The fourth-order valence-electron chi connectivity index (χ4n) is 3.94. The highest BCUT2D eigenvalue weighted by atomic mass is 32.2. The monoisotopic (exact) mass is 496 g/mol.